The molecule has 1 aliphatic rings. The number of likely N-dealkylation sites (tertiary alicyclic amines) is 1. The molecule has 2 heterocycles. The molecule has 178 valence electrons. The Bertz CT molecular complexity index is 1260. The van der Waals surface area contributed by atoms with Gasteiger partial charge in [-0.1, -0.05) is 36.7 Å². The van der Waals surface area contributed by atoms with Gasteiger partial charge in [-0.2, -0.15) is 0 Å². The lowest BCUT2D eigenvalue weighted by Crippen LogP contribution is -2.44. The fourth-order valence-corrected chi connectivity index (χ4v) is 4.69. The third kappa shape index (κ3) is 5.14. The Balaban J connectivity index is 1.45. The van der Waals surface area contributed by atoms with Crippen LogP contribution in [0.5, 0.6) is 0 Å². The first-order valence-corrected chi connectivity index (χ1v) is 12.1. The van der Waals surface area contributed by atoms with Gasteiger partial charge in [0, 0.05) is 36.1 Å². The molecule has 0 unspecified atom stereocenters. The van der Waals surface area contributed by atoms with Crippen LogP contribution in [0.2, 0.25) is 5.02 Å². The Hall–Kier alpha value is -3.19. The Morgan fingerprint density at radius 2 is 1.91 bits per heavy atom. The molecule has 0 saturated carbocycles. The number of aryl methyl sites for hydroxylation is 1. The number of carbonyl (C=O) groups is 2. The van der Waals surface area contributed by atoms with E-state index in [9.17, 15) is 14.4 Å². The first-order chi connectivity index (χ1) is 16.4. The summed E-state index contributed by atoms with van der Waals surface area (Å²) in [5.74, 6) is 0.340. The molecule has 1 N–H and O–H groups in total. The molecule has 1 aromatic heterocycles. The zero-order valence-electron chi connectivity index (χ0n) is 19.5. The number of benzene rings is 2. The highest BCUT2D eigenvalue weighted by atomic mass is 35.5. The van der Waals surface area contributed by atoms with Crippen molar-refractivity contribution in [3.63, 3.8) is 0 Å². The van der Waals surface area contributed by atoms with Crippen molar-refractivity contribution in [1.82, 2.24) is 19.8 Å². The molecule has 7 nitrogen and oxygen atoms in total. The van der Waals surface area contributed by atoms with Gasteiger partial charge in [0.1, 0.15) is 5.82 Å². The monoisotopic (exact) mass is 480 g/mol. The Kier molecular flexibility index (Phi) is 7.32. The predicted octanol–water partition coefficient (Wildman–Crippen LogP) is 4.18. The maximum absolute atomic E-state index is 13.4. The van der Waals surface area contributed by atoms with E-state index in [0.29, 0.717) is 59.8 Å². The van der Waals surface area contributed by atoms with Crippen LogP contribution in [0, 0.1) is 12.8 Å². The van der Waals surface area contributed by atoms with Gasteiger partial charge < -0.3 is 14.8 Å². The molecule has 4 rings (SSSR count). The third-order valence-electron chi connectivity index (χ3n) is 6.37. The summed E-state index contributed by atoms with van der Waals surface area (Å²) in [5, 5.41) is 0.970. The minimum atomic E-state index is -0.247. The topological polar surface area (TPSA) is 86.4 Å². The summed E-state index contributed by atoms with van der Waals surface area (Å²) >= 11 is 6.07. The molecule has 0 spiro atoms. The molecule has 1 aliphatic heterocycles. The number of hydrogen-bond donors (Lipinski definition) is 1. The summed E-state index contributed by atoms with van der Waals surface area (Å²) < 4.78 is 0. The summed E-state index contributed by atoms with van der Waals surface area (Å²) in [6, 6.07) is 12.5. The lowest BCUT2D eigenvalue weighted by atomic mass is 9.94. The molecular formula is C26H29ClN4O3. The molecule has 2 aromatic carbocycles. The first-order valence-electron chi connectivity index (χ1n) is 11.7. The molecule has 1 saturated heterocycles. The van der Waals surface area contributed by atoms with Crippen LogP contribution in [0.25, 0.3) is 10.9 Å². The fourth-order valence-electron chi connectivity index (χ4n) is 4.52. The van der Waals surface area contributed by atoms with Crippen molar-refractivity contribution in [1.29, 1.82) is 0 Å². The van der Waals surface area contributed by atoms with Gasteiger partial charge in [0.25, 0.3) is 11.5 Å². The molecule has 0 atom stereocenters. The number of aromatic nitrogens is 2. The van der Waals surface area contributed by atoms with E-state index in [4.69, 9.17) is 11.6 Å². The van der Waals surface area contributed by atoms with Crippen molar-refractivity contribution < 1.29 is 9.59 Å². The zero-order valence-corrected chi connectivity index (χ0v) is 20.3. The van der Waals surface area contributed by atoms with Gasteiger partial charge in [-0.05, 0) is 56.0 Å². The number of rotatable bonds is 6. The molecule has 34 heavy (non-hydrogen) atoms. The summed E-state index contributed by atoms with van der Waals surface area (Å²) in [5.41, 5.74) is 1.94. The van der Waals surface area contributed by atoms with E-state index < -0.39 is 0 Å². The lowest BCUT2D eigenvalue weighted by molar-refractivity contribution is -0.137. The largest absolute Gasteiger partial charge is 0.339 e. The summed E-state index contributed by atoms with van der Waals surface area (Å²) in [7, 11) is 0. The molecule has 0 aliphatic carbocycles. The third-order valence-corrected chi connectivity index (χ3v) is 6.61. The van der Waals surface area contributed by atoms with E-state index >= 15 is 0 Å². The Morgan fingerprint density at radius 3 is 2.62 bits per heavy atom. The van der Waals surface area contributed by atoms with Gasteiger partial charge >= 0.3 is 0 Å². The number of hydrogen-bond acceptors (Lipinski definition) is 4. The quantitative estimate of drug-likeness (QED) is 0.573. The van der Waals surface area contributed by atoms with Crippen molar-refractivity contribution in [2.24, 2.45) is 5.92 Å². The number of nitrogens with zero attached hydrogens (tertiary/aromatic N) is 3. The standard InChI is InChI=1S/C26H29ClN4O3/c1-3-12-31(16-23-28-22-15-19(27)8-9-21(22)24(32)29-23)25(33)18-10-13-30(14-11-18)26(34)20-7-5-4-6-17(20)2/h4-9,15,18H,3,10-14,16H2,1-2H3,(H,28,29,32). The highest BCUT2D eigenvalue weighted by molar-refractivity contribution is 6.31. The molecule has 2 amide bonds. The van der Waals surface area contributed by atoms with Gasteiger partial charge in [0.15, 0.2) is 0 Å². The first kappa shape index (κ1) is 24.0. The molecule has 1 fully saturated rings. The van der Waals surface area contributed by atoms with Crippen LogP contribution in [0.3, 0.4) is 0 Å². The highest BCUT2D eigenvalue weighted by Crippen LogP contribution is 2.23. The van der Waals surface area contributed by atoms with Crippen molar-refractivity contribution >= 4 is 34.3 Å². The van der Waals surface area contributed by atoms with Gasteiger partial charge in [-0.15, -0.1) is 0 Å². The van der Waals surface area contributed by atoms with Crippen molar-refractivity contribution in [2.75, 3.05) is 19.6 Å². The van der Waals surface area contributed by atoms with Crippen LogP contribution in [0.4, 0.5) is 0 Å². The average Bonchev–Trinajstić information content (AvgIpc) is 2.83. The van der Waals surface area contributed by atoms with Crippen LogP contribution in [0.1, 0.15) is 47.9 Å². The van der Waals surface area contributed by atoms with Gasteiger partial charge in [-0.3, -0.25) is 14.4 Å². The number of amides is 2. The van der Waals surface area contributed by atoms with Crippen LogP contribution >= 0.6 is 11.6 Å². The van der Waals surface area contributed by atoms with Crippen molar-refractivity contribution in [2.45, 2.75) is 39.7 Å². The molecule has 3 aromatic rings. The number of carbonyl (C=O) groups excluding carboxylic acids is 2. The minimum Gasteiger partial charge on any atom is -0.339 e. The molecular weight excluding hydrogens is 452 g/mol. The van der Waals surface area contributed by atoms with E-state index in [1.807, 2.05) is 43.0 Å². The number of H-pyrrole nitrogens is 1. The summed E-state index contributed by atoms with van der Waals surface area (Å²) in [6.45, 7) is 5.84. The van der Waals surface area contributed by atoms with Gasteiger partial charge in [-0.25, -0.2) is 4.98 Å². The number of piperidine rings is 1. The number of nitrogens with one attached hydrogen (secondary N) is 1. The molecule has 0 radical (unpaired) electrons. The zero-order chi connectivity index (χ0) is 24.2. The number of halogens is 1. The maximum Gasteiger partial charge on any atom is 0.258 e. The predicted molar refractivity (Wildman–Crippen MR) is 133 cm³/mol. The van der Waals surface area contributed by atoms with E-state index in [1.165, 1.54) is 0 Å². The van der Waals surface area contributed by atoms with Crippen LogP contribution in [0.15, 0.2) is 47.3 Å². The molecule has 8 heteroatoms. The second-order valence-electron chi connectivity index (χ2n) is 8.82. The van der Waals surface area contributed by atoms with E-state index in [1.54, 1.807) is 23.1 Å². The number of fused-ring (bicyclic) bond motifs is 1. The SMILES string of the molecule is CCCN(Cc1nc2cc(Cl)ccc2c(=O)[nH]1)C(=O)C1CCN(C(=O)c2ccccc2C)CC1. The van der Waals surface area contributed by atoms with Crippen molar-refractivity contribution in [3.8, 4) is 0 Å². The maximum atomic E-state index is 13.4. The fraction of sp³-hybridized carbons (Fsp3) is 0.385. The van der Waals surface area contributed by atoms with E-state index in [2.05, 4.69) is 9.97 Å². The minimum absolute atomic E-state index is 0.0195. The van der Waals surface area contributed by atoms with Crippen LogP contribution < -0.4 is 5.56 Å². The normalized spacial score (nSPS) is 14.4. The Labute approximate surface area is 203 Å². The smallest absolute Gasteiger partial charge is 0.258 e. The summed E-state index contributed by atoms with van der Waals surface area (Å²) in [6.07, 6.45) is 2.03. The number of aromatic amines is 1. The Morgan fingerprint density at radius 1 is 1.18 bits per heavy atom. The van der Waals surface area contributed by atoms with Gasteiger partial charge in [0.05, 0.1) is 17.4 Å². The van der Waals surface area contributed by atoms with E-state index in [-0.39, 0.29) is 29.8 Å². The lowest BCUT2D eigenvalue weighted by Gasteiger charge is -2.34. The van der Waals surface area contributed by atoms with Crippen molar-refractivity contribution in [3.05, 3.63) is 74.8 Å². The average molecular weight is 481 g/mol. The van der Waals surface area contributed by atoms with Gasteiger partial charge in [0.2, 0.25) is 5.91 Å². The second-order valence-corrected chi connectivity index (χ2v) is 9.25. The van der Waals surface area contributed by atoms with Crippen LogP contribution in [-0.4, -0.2) is 51.2 Å². The van der Waals surface area contributed by atoms with Crippen LogP contribution in [-0.2, 0) is 11.3 Å². The van der Waals surface area contributed by atoms with E-state index in [0.717, 1.165) is 12.0 Å². The molecule has 0 bridgehead atoms. The summed E-state index contributed by atoms with van der Waals surface area (Å²) in [4.78, 5) is 49.7. The second kappa shape index (κ2) is 10.4. The highest BCUT2D eigenvalue weighted by Gasteiger charge is 2.31.